The molecule has 1 heteroatoms. The fraction of sp³-hybridized carbons (Fsp3) is 0.600. The maximum Gasteiger partial charge on any atom is 0.0144 e. The van der Waals surface area contributed by atoms with E-state index in [1.54, 1.807) is 0 Å². The molecule has 1 rings (SSSR count). The van der Waals surface area contributed by atoms with Crippen molar-refractivity contribution in [3.8, 4) is 0 Å². The van der Waals surface area contributed by atoms with Gasteiger partial charge >= 0.3 is 0 Å². The van der Waals surface area contributed by atoms with Crippen molar-refractivity contribution >= 4 is 0 Å². The summed E-state index contributed by atoms with van der Waals surface area (Å²) in [5.41, 5.74) is 2.78. The van der Waals surface area contributed by atoms with E-state index in [4.69, 9.17) is 0 Å². The first-order chi connectivity index (χ1) is 5.18. The van der Waals surface area contributed by atoms with Gasteiger partial charge in [-0.25, -0.2) is 0 Å². The standard InChI is InChI=1S/C10H17N/c1-8(2)6-10-7-9(3)4-5-11-10/h4,10-11H,1,5-7H2,2-3H3/t10-/m1/s1. The van der Waals surface area contributed by atoms with E-state index in [0.717, 1.165) is 13.0 Å². The van der Waals surface area contributed by atoms with E-state index in [0.29, 0.717) is 6.04 Å². The lowest BCUT2D eigenvalue weighted by molar-refractivity contribution is 0.510. The molecule has 1 N–H and O–H groups in total. The summed E-state index contributed by atoms with van der Waals surface area (Å²) in [5.74, 6) is 0. The highest BCUT2D eigenvalue weighted by Crippen LogP contribution is 2.14. The monoisotopic (exact) mass is 151 g/mol. The first kappa shape index (κ1) is 8.54. The molecule has 1 aliphatic heterocycles. The van der Waals surface area contributed by atoms with Crippen LogP contribution < -0.4 is 5.32 Å². The predicted molar refractivity (Wildman–Crippen MR) is 49.6 cm³/mol. The molecule has 1 atom stereocenters. The number of hydrogen-bond acceptors (Lipinski definition) is 1. The summed E-state index contributed by atoms with van der Waals surface area (Å²) >= 11 is 0. The summed E-state index contributed by atoms with van der Waals surface area (Å²) in [5, 5.41) is 3.44. The fourth-order valence-corrected chi connectivity index (χ4v) is 1.51. The van der Waals surface area contributed by atoms with Gasteiger partial charge in [-0.3, -0.25) is 0 Å². The zero-order valence-electron chi connectivity index (χ0n) is 7.48. The first-order valence-electron chi connectivity index (χ1n) is 4.22. The van der Waals surface area contributed by atoms with Gasteiger partial charge in [0.15, 0.2) is 0 Å². The molecule has 0 aromatic rings. The lowest BCUT2D eigenvalue weighted by atomic mass is 9.98. The van der Waals surface area contributed by atoms with E-state index in [1.807, 2.05) is 0 Å². The Hall–Kier alpha value is -0.560. The Kier molecular flexibility index (Phi) is 2.89. The van der Waals surface area contributed by atoms with Crippen molar-refractivity contribution in [3.63, 3.8) is 0 Å². The molecule has 0 aliphatic carbocycles. The summed E-state index contributed by atoms with van der Waals surface area (Å²) in [4.78, 5) is 0. The third-order valence-electron chi connectivity index (χ3n) is 2.02. The van der Waals surface area contributed by atoms with Crippen LogP contribution in [-0.2, 0) is 0 Å². The van der Waals surface area contributed by atoms with E-state index in [9.17, 15) is 0 Å². The molecule has 0 radical (unpaired) electrons. The van der Waals surface area contributed by atoms with Gasteiger partial charge in [-0.1, -0.05) is 17.2 Å². The highest BCUT2D eigenvalue weighted by atomic mass is 14.9. The van der Waals surface area contributed by atoms with Crippen LogP contribution in [0.2, 0.25) is 0 Å². The zero-order valence-corrected chi connectivity index (χ0v) is 7.48. The molecule has 0 unspecified atom stereocenters. The van der Waals surface area contributed by atoms with Crippen LogP contribution in [0.1, 0.15) is 26.7 Å². The van der Waals surface area contributed by atoms with Crippen molar-refractivity contribution in [2.75, 3.05) is 6.54 Å². The summed E-state index contributed by atoms with van der Waals surface area (Å²) in [7, 11) is 0. The minimum atomic E-state index is 0.637. The van der Waals surface area contributed by atoms with Gasteiger partial charge < -0.3 is 5.32 Å². The van der Waals surface area contributed by atoms with Crippen molar-refractivity contribution in [3.05, 3.63) is 23.8 Å². The molecule has 0 saturated heterocycles. The minimum absolute atomic E-state index is 0.637. The summed E-state index contributed by atoms with van der Waals surface area (Å²) in [6, 6.07) is 0.637. The van der Waals surface area contributed by atoms with Crippen LogP contribution in [-0.4, -0.2) is 12.6 Å². The van der Waals surface area contributed by atoms with Crippen molar-refractivity contribution in [2.45, 2.75) is 32.7 Å². The third kappa shape index (κ3) is 2.89. The van der Waals surface area contributed by atoms with Gasteiger partial charge in [0, 0.05) is 12.6 Å². The lowest BCUT2D eigenvalue weighted by Crippen LogP contribution is -2.32. The second-order valence-corrected chi connectivity index (χ2v) is 3.52. The molecule has 11 heavy (non-hydrogen) atoms. The molecule has 0 spiro atoms. The van der Waals surface area contributed by atoms with Crippen LogP contribution in [0.25, 0.3) is 0 Å². The second kappa shape index (κ2) is 3.72. The van der Waals surface area contributed by atoms with Gasteiger partial charge in [-0.2, -0.15) is 0 Å². The first-order valence-corrected chi connectivity index (χ1v) is 4.22. The van der Waals surface area contributed by atoms with Gasteiger partial charge in [0.05, 0.1) is 0 Å². The fourth-order valence-electron chi connectivity index (χ4n) is 1.51. The number of hydrogen-bond donors (Lipinski definition) is 1. The highest BCUT2D eigenvalue weighted by molar-refractivity contribution is 5.08. The molecule has 0 bridgehead atoms. The van der Waals surface area contributed by atoms with E-state index in [-0.39, 0.29) is 0 Å². The molecule has 0 aromatic heterocycles. The van der Waals surface area contributed by atoms with Gasteiger partial charge in [-0.05, 0) is 26.7 Å². The summed E-state index contributed by atoms with van der Waals surface area (Å²) in [6.45, 7) is 9.24. The van der Waals surface area contributed by atoms with Crippen LogP contribution in [0.5, 0.6) is 0 Å². The number of rotatable bonds is 2. The molecule has 62 valence electrons. The van der Waals surface area contributed by atoms with Crippen LogP contribution >= 0.6 is 0 Å². The quantitative estimate of drug-likeness (QED) is 0.597. The predicted octanol–water partition coefficient (Wildman–Crippen LogP) is 2.26. The van der Waals surface area contributed by atoms with Crippen molar-refractivity contribution in [1.82, 2.24) is 5.32 Å². The van der Waals surface area contributed by atoms with E-state index >= 15 is 0 Å². The van der Waals surface area contributed by atoms with Crippen LogP contribution in [0.3, 0.4) is 0 Å². The zero-order chi connectivity index (χ0) is 8.27. The maximum atomic E-state index is 3.91. The Morgan fingerprint density at radius 2 is 2.55 bits per heavy atom. The Morgan fingerprint density at radius 1 is 1.82 bits per heavy atom. The van der Waals surface area contributed by atoms with Gasteiger partial charge in [0.1, 0.15) is 0 Å². The second-order valence-electron chi connectivity index (χ2n) is 3.52. The minimum Gasteiger partial charge on any atom is -0.310 e. The van der Waals surface area contributed by atoms with E-state index < -0.39 is 0 Å². The average Bonchev–Trinajstić information content (AvgIpc) is 1.85. The van der Waals surface area contributed by atoms with Gasteiger partial charge in [0.2, 0.25) is 0 Å². The molecule has 1 aliphatic rings. The molecule has 1 heterocycles. The van der Waals surface area contributed by atoms with Gasteiger partial charge in [-0.15, -0.1) is 6.58 Å². The Bertz CT molecular complexity index is 179. The molecule has 1 nitrogen and oxygen atoms in total. The SMILES string of the molecule is C=C(C)C[C@@H]1CC(C)=CCN1. The normalized spacial score (nSPS) is 24.5. The lowest BCUT2D eigenvalue weighted by Gasteiger charge is -2.22. The topological polar surface area (TPSA) is 12.0 Å². The van der Waals surface area contributed by atoms with Gasteiger partial charge in [0.25, 0.3) is 0 Å². The number of nitrogens with one attached hydrogen (secondary N) is 1. The Labute approximate surface area is 69.2 Å². The van der Waals surface area contributed by atoms with Crippen molar-refractivity contribution in [2.24, 2.45) is 0 Å². The van der Waals surface area contributed by atoms with Crippen LogP contribution in [0.15, 0.2) is 23.8 Å². The Morgan fingerprint density at radius 3 is 3.09 bits per heavy atom. The summed E-state index contributed by atoms with van der Waals surface area (Å²) < 4.78 is 0. The molecule has 0 amide bonds. The largest absolute Gasteiger partial charge is 0.310 e. The average molecular weight is 151 g/mol. The third-order valence-corrected chi connectivity index (χ3v) is 2.02. The molecule has 0 aromatic carbocycles. The molecule has 0 saturated carbocycles. The molecular formula is C10H17N. The Balaban J connectivity index is 2.38. The van der Waals surface area contributed by atoms with Crippen LogP contribution in [0, 0.1) is 0 Å². The maximum absolute atomic E-state index is 3.91. The molecule has 0 fully saturated rings. The van der Waals surface area contributed by atoms with E-state index in [1.165, 1.54) is 17.6 Å². The summed E-state index contributed by atoms with van der Waals surface area (Å²) in [6.07, 6.45) is 4.56. The molecular weight excluding hydrogens is 134 g/mol. The van der Waals surface area contributed by atoms with Crippen molar-refractivity contribution < 1.29 is 0 Å². The highest BCUT2D eigenvalue weighted by Gasteiger charge is 2.11. The smallest absolute Gasteiger partial charge is 0.0144 e. The van der Waals surface area contributed by atoms with Crippen molar-refractivity contribution in [1.29, 1.82) is 0 Å². The van der Waals surface area contributed by atoms with Crippen LogP contribution in [0.4, 0.5) is 0 Å². The van der Waals surface area contributed by atoms with E-state index in [2.05, 4.69) is 31.8 Å².